The van der Waals surface area contributed by atoms with E-state index in [2.05, 4.69) is 4.98 Å². The van der Waals surface area contributed by atoms with Gasteiger partial charge in [-0.25, -0.2) is 0 Å². The number of hydrogen-bond acceptors (Lipinski definition) is 6. The van der Waals surface area contributed by atoms with Crippen LogP contribution in [0.15, 0.2) is 48.3 Å². The number of carbonyl (C=O) groups excluding carboxylic acids is 2. The lowest BCUT2D eigenvalue weighted by Gasteiger charge is -2.24. The van der Waals surface area contributed by atoms with E-state index in [4.69, 9.17) is 21.1 Å². The van der Waals surface area contributed by atoms with E-state index in [1.54, 1.807) is 36.7 Å². The van der Waals surface area contributed by atoms with Crippen LogP contribution in [0.4, 0.5) is 0 Å². The van der Waals surface area contributed by atoms with Crippen molar-refractivity contribution in [1.29, 1.82) is 0 Å². The van der Waals surface area contributed by atoms with Crippen molar-refractivity contribution >= 4 is 29.1 Å². The fourth-order valence-electron chi connectivity index (χ4n) is 3.15. The summed E-state index contributed by atoms with van der Waals surface area (Å²) in [4.78, 5) is 30.9. The molecule has 28 heavy (non-hydrogen) atoms. The number of likely N-dealkylation sites (tertiary alicyclic amines) is 1. The minimum Gasteiger partial charge on any atom is -0.507 e. The van der Waals surface area contributed by atoms with Gasteiger partial charge in [-0.05, 0) is 29.8 Å². The summed E-state index contributed by atoms with van der Waals surface area (Å²) in [6.45, 7) is 0.444. The molecule has 3 rings (SSSR count). The second kappa shape index (κ2) is 8.41. The van der Waals surface area contributed by atoms with Crippen molar-refractivity contribution in [3.63, 3.8) is 0 Å². The number of pyridine rings is 1. The van der Waals surface area contributed by atoms with Crippen molar-refractivity contribution in [2.75, 3.05) is 27.4 Å². The number of halogens is 1. The minimum absolute atomic E-state index is 0.0153. The van der Waals surface area contributed by atoms with Gasteiger partial charge in [0.25, 0.3) is 11.7 Å². The van der Waals surface area contributed by atoms with Crippen LogP contribution in [0, 0.1) is 0 Å². The highest BCUT2D eigenvalue weighted by atomic mass is 35.5. The first-order chi connectivity index (χ1) is 13.5. The number of aliphatic hydroxyl groups is 1. The highest BCUT2D eigenvalue weighted by Gasteiger charge is 2.46. The van der Waals surface area contributed by atoms with Gasteiger partial charge in [0.1, 0.15) is 11.5 Å². The molecule has 8 heteroatoms. The lowest BCUT2D eigenvalue weighted by atomic mass is 9.96. The molecule has 1 aliphatic rings. The Morgan fingerprint density at radius 3 is 2.71 bits per heavy atom. The summed E-state index contributed by atoms with van der Waals surface area (Å²) in [6.07, 6.45) is 3.15. The monoisotopic (exact) mass is 402 g/mol. The number of methoxy groups -OCH3 is 2. The summed E-state index contributed by atoms with van der Waals surface area (Å²) in [5.74, 6) is -1.43. The summed E-state index contributed by atoms with van der Waals surface area (Å²) in [6, 6.07) is 7.31. The van der Waals surface area contributed by atoms with Crippen molar-refractivity contribution in [1.82, 2.24) is 9.88 Å². The smallest absolute Gasteiger partial charge is 0.295 e. The number of carbonyl (C=O) groups is 2. The Balaban J connectivity index is 2.16. The zero-order chi connectivity index (χ0) is 20.3. The highest BCUT2D eigenvalue weighted by molar-refractivity contribution is 6.46. The molecule has 146 valence electrons. The molecule has 1 aromatic carbocycles. The van der Waals surface area contributed by atoms with Crippen LogP contribution in [-0.2, 0) is 14.3 Å². The van der Waals surface area contributed by atoms with Gasteiger partial charge in [-0.1, -0.05) is 17.7 Å². The molecule has 1 aliphatic heterocycles. The second-order valence-electron chi connectivity index (χ2n) is 6.12. The van der Waals surface area contributed by atoms with Crippen LogP contribution in [0.5, 0.6) is 5.75 Å². The van der Waals surface area contributed by atoms with E-state index < -0.39 is 17.7 Å². The molecule has 0 bridgehead atoms. The van der Waals surface area contributed by atoms with Crippen molar-refractivity contribution in [3.8, 4) is 5.75 Å². The van der Waals surface area contributed by atoms with Crippen LogP contribution in [0.25, 0.3) is 5.76 Å². The number of aliphatic hydroxyl groups excluding tert-OH is 1. The molecule has 1 amide bonds. The zero-order valence-electron chi connectivity index (χ0n) is 15.4. The van der Waals surface area contributed by atoms with Crippen molar-refractivity contribution < 1.29 is 24.2 Å². The first kappa shape index (κ1) is 19.9. The summed E-state index contributed by atoms with van der Waals surface area (Å²) in [7, 11) is 2.96. The van der Waals surface area contributed by atoms with Crippen LogP contribution in [0.3, 0.4) is 0 Å². The Kier molecular flexibility index (Phi) is 5.96. The van der Waals surface area contributed by atoms with Crippen LogP contribution >= 0.6 is 11.6 Å². The van der Waals surface area contributed by atoms with E-state index in [9.17, 15) is 14.7 Å². The summed E-state index contributed by atoms with van der Waals surface area (Å²) in [5.41, 5.74) is 0.915. The predicted molar refractivity (Wildman–Crippen MR) is 103 cm³/mol. The molecular weight excluding hydrogens is 384 g/mol. The summed E-state index contributed by atoms with van der Waals surface area (Å²) in [5, 5.41) is 11.3. The van der Waals surface area contributed by atoms with Gasteiger partial charge in [0.15, 0.2) is 0 Å². The SMILES string of the molecule is COCCN1C(=O)C(=O)/C(=C(\O)c2ccc(Cl)c(OC)c2)C1c1cccnc1. The molecule has 2 aromatic rings. The van der Waals surface area contributed by atoms with Gasteiger partial charge in [0.05, 0.1) is 30.4 Å². The van der Waals surface area contributed by atoms with E-state index in [0.717, 1.165) is 0 Å². The number of aromatic nitrogens is 1. The van der Waals surface area contributed by atoms with E-state index in [1.807, 2.05) is 0 Å². The Bertz CT molecular complexity index is 929. The fourth-order valence-corrected chi connectivity index (χ4v) is 3.34. The van der Waals surface area contributed by atoms with Gasteiger partial charge in [0.2, 0.25) is 0 Å². The first-order valence-electron chi connectivity index (χ1n) is 8.50. The number of ketones is 1. The predicted octanol–water partition coefficient (Wildman–Crippen LogP) is 2.81. The van der Waals surface area contributed by atoms with E-state index in [-0.39, 0.29) is 24.5 Å². The highest BCUT2D eigenvalue weighted by Crippen LogP contribution is 2.39. The molecule has 7 nitrogen and oxygen atoms in total. The van der Waals surface area contributed by atoms with Crippen molar-refractivity contribution in [3.05, 3.63) is 64.4 Å². The largest absolute Gasteiger partial charge is 0.507 e. The molecule has 2 heterocycles. The van der Waals surface area contributed by atoms with Gasteiger partial charge in [-0.15, -0.1) is 0 Å². The Labute approximate surface area is 167 Å². The maximum Gasteiger partial charge on any atom is 0.295 e. The molecule has 0 aliphatic carbocycles. The number of ether oxygens (including phenoxy) is 2. The van der Waals surface area contributed by atoms with Crippen LogP contribution in [-0.4, -0.2) is 54.1 Å². The zero-order valence-corrected chi connectivity index (χ0v) is 16.1. The lowest BCUT2D eigenvalue weighted by molar-refractivity contribution is -0.140. The van der Waals surface area contributed by atoms with Gasteiger partial charge in [0, 0.05) is 31.6 Å². The van der Waals surface area contributed by atoms with Crippen LogP contribution in [0.2, 0.25) is 5.02 Å². The van der Waals surface area contributed by atoms with E-state index in [0.29, 0.717) is 21.9 Å². The summed E-state index contributed by atoms with van der Waals surface area (Å²) >= 11 is 6.04. The number of rotatable bonds is 6. The average Bonchev–Trinajstić information content (AvgIpc) is 2.97. The fraction of sp³-hybridized carbons (Fsp3) is 0.250. The Morgan fingerprint density at radius 1 is 1.29 bits per heavy atom. The molecule has 0 radical (unpaired) electrons. The molecule has 0 saturated carbocycles. The Hall–Kier alpha value is -2.90. The first-order valence-corrected chi connectivity index (χ1v) is 8.88. The molecule has 0 spiro atoms. The van der Waals surface area contributed by atoms with Crippen molar-refractivity contribution in [2.24, 2.45) is 0 Å². The number of hydrogen-bond donors (Lipinski definition) is 1. The number of Topliss-reactive ketones (excluding diaryl/α,β-unsaturated/α-hetero) is 1. The van der Waals surface area contributed by atoms with Crippen molar-refractivity contribution in [2.45, 2.75) is 6.04 Å². The third-order valence-electron chi connectivity index (χ3n) is 4.50. The topological polar surface area (TPSA) is 89.0 Å². The number of benzene rings is 1. The van der Waals surface area contributed by atoms with Gasteiger partial charge >= 0.3 is 0 Å². The quantitative estimate of drug-likeness (QED) is 0.454. The van der Waals surface area contributed by atoms with Crippen LogP contribution < -0.4 is 4.74 Å². The lowest BCUT2D eigenvalue weighted by Crippen LogP contribution is -2.32. The maximum absolute atomic E-state index is 12.8. The van der Waals surface area contributed by atoms with Gasteiger partial charge in [-0.2, -0.15) is 0 Å². The number of nitrogens with zero attached hydrogens (tertiary/aromatic N) is 2. The van der Waals surface area contributed by atoms with E-state index in [1.165, 1.54) is 25.2 Å². The van der Waals surface area contributed by atoms with E-state index >= 15 is 0 Å². The average molecular weight is 403 g/mol. The maximum atomic E-state index is 12.8. The molecule has 1 N–H and O–H groups in total. The Morgan fingerprint density at radius 2 is 2.07 bits per heavy atom. The second-order valence-corrected chi connectivity index (χ2v) is 6.53. The van der Waals surface area contributed by atoms with Crippen LogP contribution in [0.1, 0.15) is 17.2 Å². The minimum atomic E-state index is -0.773. The number of amides is 1. The third kappa shape index (κ3) is 3.58. The molecule has 1 atom stereocenters. The summed E-state index contributed by atoms with van der Waals surface area (Å²) < 4.78 is 10.2. The molecule has 1 saturated heterocycles. The molecule has 1 aromatic heterocycles. The molecular formula is C20H19ClN2O5. The standard InChI is InChI=1S/C20H19ClN2O5/c1-27-9-8-23-17(13-4-3-7-22-11-13)16(19(25)20(23)26)18(24)12-5-6-14(21)15(10-12)28-2/h3-7,10-11,17,24H,8-9H2,1-2H3/b18-16-. The third-order valence-corrected chi connectivity index (χ3v) is 4.81. The molecule has 1 fully saturated rings. The normalized spacial score (nSPS) is 18.5. The molecule has 1 unspecified atom stereocenters. The van der Waals surface area contributed by atoms with Gasteiger partial charge in [-0.3, -0.25) is 14.6 Å². The van der Waals surface area contributed by atoms with Gasteiger partial charge < -0.3 is 19.5 Å².